The molecule has 2 unspecified atom stereocenters. The summed E-state index contributed by atoms with van der Waals surface area (Å²) in [6, 6.07) is 0. The first-order chi connectivity index (χ1) is 7.46. The van der Waals surface area contributed by atoms with Crippen molar-refractivity contribution in [1.82, 2.24) is 10.2 Å². The normalized spacial score (nSPS) is 31.3. The van der Waals surface area contributed by atoms with Crippen molar-refractivity contribution in [3.8, 4) is 0 Å². The Hall–Kier alpha value is -0.220. The zero-order valence-electron chi connectivity index (χ0n) is 10.6. The molecule has 1 aliphatic rings. The van der Waals surface area contributed by atoms with Crippen LogP contribution in [0.1, 0.15) is 32.6 Å². The van der Waals surface area contributed by atoms with E-state index in [0.29, 0.717) is 12.5 Å². The fourth-order valence-corrected chi connectivity index (χ4v) is 2.77. The Morgan fingerprint density at radius 3 is 2.62 bits per heavy atom. The lowest BCUT2D eigenvalue weighted by molar-refractivity contribution is 0.0674. The second-order valence-corrected chi connectivity index (χ2v) is 5.34. The fraction of sp³-hybridized carbons (Fsp3) is 1.00. The summed E-state index contributed by atoms with van der Waals surface area (Å²) in [5.41, 5.74) is 0.0759. The molecule has 96 valence electrons. The van der Waals surface area contributed by atoms with Crippen molar-refractivity contribution in [2.45, 2.75) is 44.6 Å². The Kier molecular flexibility index (Phi) is 5.12. The molecule has 0 aliphatic heterocycles. The second-order valence-electron chi connectivity index (χ2n) is 5.34. The third-order valence-electron chi connectivity index (χ3n) is 3.77. The molecule has 0 heterocycles. The summed E-state index contributed by atoms with van der Waals surface area (Å²) in [5, 5.41) is 2.91. The van der Waals surface area contributed by atoms with Crippen LogP contribution in [0.3, 0.4) is 0 Å². The lowest BCUT2D eigenvalue weighted by Gasteiger charge is -2.45. The minimum absolute atomic E-state index is 0.0759. The summed E-state index contributed by atoms with van der Waals surface area (Å²) in [4.78, 5) is 2.21. The summed E-state index contributed by atoms with van der Waals surface area (Å²) >= 11 is 0. The summed E-state index contributed by atoms with van der Waals surface area (Å²) < 4.78 is 24.2. The zero-order chi connectivity index (χ0) is 12.2. The molecule has 2 nitrogen and oxygen atoms in total. The number of rotatable bonds is 5. The predicted molar refractivity (Wildman–Crippen MR) is 62.9 cm³/mol. The number of nitrogens with zero attached hydrogens (tertiary/aromatic N) is 1. The topological polar surface area (TPSA) is 15.3 Å². The van der Waals surface area contributed by atoms with Gasteiger partial charge in [0.2, 0.25) is 0 Å². The number of likely N-dealkylation sites (N-methyl/N-ethyl adjacent to an activating group) is 1. The van der Waals surface area contributed by atoms with E-state index in [0.717, 1.165) is 12.8 Å². The lowest BCUT2D eigenvalue weighted by atomic mass is 9.75. The van der Waals surface area contributed by atoms with E-state index in [4.69, 9.17) is 0 Å². The molecule has 1 fully saturated rings. The van der Waals surface area contributed by atoms with Crippen molar-refractivity contribution in [1.29, 1.82) is 0 Å². The third kappa shape index (κ3) is 3.67. The SMILES string of the molecule is CC1CCCC(CNCC(F)F)(N(C)C)C1. The second kappa shape index (κ2) is 5.92. The minimum atomic E-state index is -2.25. The van der Waals surface area contributed by atoms with Gasteiger partial charge >= 0.3 is 0 Å². The molecule has 4 heteroatoms. The average Bonchev–Trinajstić information content (AvgIpc) is 2.16. The van der Waals surface area contributed by atoms with Crippen LogP contribution in [0.5, 0.6) is 0 Å². The highest BCUT2D eigenvalue weighted by atomic mass is 19.3. The van der Waals surface area contributed by atoms with E-state index < -0.39 is 6.43 Å². The molecule has 0 amide bonds. The first-order valence-corrected chi connectivity index (χ1v) is 6.12. The van der Waals surface area contributed by atoms with Crippen LogP contribution in [-0.2, 0) is 0 Å². The molecule has 1 N–H and O–H groups in total. The Balaban J connectivity index is 2.51. The van der Waals surface area contributed by atoms with Crippen molar-refractivity contribution >= 4 is 0 Å². The highest BCUT2D eigenvalue weighted by molar-refractivity contribution is 4.94. The molecular weight excluding hydrogens is 210 g/mol. The van der Waals surface area contributed by atoms with E-state index in [1.54, 1.807) is 0 Å². The van der Waals surface area contributed by atoms with Gasteiger partial charge in [0.05, 0.1) is 6.54 Å². The maximum atomic E-state index is 12.1. The van der Waals surface area contributed by atoms with Gasteiger partial charge < -0.3 is 10.2 Å². The molecule has 0 saturated heterocycles. The van der Waals surface area contributed by atoms with Gasteiger partial charge in [0.25, 0.3) is 6.43 Å². The maximum Gasteiger partial charge on any atom is 0.250 e. The van der Waals surface area contributed by atoms with Gasteiger partial charge in [-0.25, -0.2) is 8.78 Å². The van der Waals surface area contributed by atoms with Gasteiger partial charge in [-0.3, -0.25) is 0 Å². The largest absolute Gasteiger partial charge is 0.310 e. The first kappa shape index (κ1) is 13.8. The maximum absolute atomic E-state index is 12.1. The molecule has 0 aromatic heterocycles. The zero-order valence-corrected chi connectivity index (χ0v) is 10.6. The van der Waals surface area contributed by atoms with E-state index in [1.807, 2.05) is 0 Å². The highest BCUT2D eigenvalue weighted by Crippen LogP contribution is 2.35. The number of hydrogen-bond acceptors (Lipinski definition) is 2. The molecular formula is C12H24F2N2. The van der Waals surface area contributed by atoms with E-state index in [2.05, 4.69) is 31.2 Å². The van der Waals surface area contributed by atoms with Gasteiger partial charge in [0.1, 0.15) is 0 Å². The molecule has 0 aromatic rings. The molecule has 0 spiro atoms. The van der Waals surface area contributed by atoms with Crippen LogP contribution in [0.15, 0.2) is 0 Å². The lowest BCUT2D eigenvalue weighted by Crippen LogP contribution is -2.54. The van der Waals surface area contributed by atoms with Gasteiger partial charge in [-0.1, -0.05) is 19.8 Å². The van der Waals surface area contributed by atoms with Crippen LogP contribution in [0, 0.1) is 5.92 Å². The number of nitrogens with one attached hydrogen (secondary N) is 1. The van der Waals surface area contributed by atoms with E-state index >= 15 is 0 Å². The Bertz CT molecular complexity index is 209. The van der Waals surface area contributed by atoms with E-state index in [-0.39, 0.29) is 12.1 Å². The monoisotopic (exact) mass is 234 g/mol. The van der Waals surface area contributed by atoms with Crippen LogP contribution >= 0.6 is 0 Å². The van der Waals surface area contributed by atoms with Crippen molar-refractivity contribution < 1.29 is 8.78 Å². The predicted octanol–water partition coefficient (Wildman–Crippen LogP) is 2.35. The molecule has 1 aliphatic carbocycles. The molecule has 16 heavy (non-hydrogen) atoms. The summed E-state index contributed by atoms with van der Waals surface area (Å²) in [6.07, 6.45) is 2.44. The van der Waals surface area contributed by atoms with Gasteiger partial charge in [-0.2, -0.15) is 0 Å². The van der Waals surface area contributed by atoms with Gasteiger partial charge in [0.15, 0.2) is 0 Å². The standard InChI is InChI=1S/C12H24F2N2/c1-10-5-4-6-12(7-10,16(2)3)9-15-8-11(13)14/h10-11,15H,4-9H2,1-3H3. The Labute approximate surface area is 97.4 Å². The van der Waals surface area contributed by atoms with Gasteiger partial charge in [-0.15, -0.1) is 0 Å². The number of hydrogen-bond donors (Lipinski definition) is 1. The van der Waals surface area contributed by atoms with Gasteiger partial charge in [-0.05, 0) is 32.9 Å². The summed E-state index contributed by atoms with van der Waals surface area (Å²) in [5.74, 6) is 0.699. The third-order valence-corrected chi connectivity index (χ3v) is 3.77. The Morgan fingerprint density at radius 1 is 1.44 bits per heavy atom. The van der Waals surface area contributed by atoms with E-state index in [1.165, 1.54) is 12.8 Å². The summed E-state index contributed by atoms with van der Waals surface area (Å²) in [7, 11) is 4.12. The smallest absolute Gasteiger partial charge is 0.250 e. The van der Waals surface area contributed by atoms with Crippen LogP contribution in [0.25, 0.3) is 0 Å². The molecule has 1 saturated carbocycles. The van der Waals surface area contributed by atoms with Crippen molar-refractivity contribution in [3.05, 3.63) is 0 Å². The van der Waals surface area contributed by atoms with Crippen LogP contribution in [0.4, 0.5) is 8.78 Å². The van der Waals surface area contributed by atoms with E-state index in [9.17, 15) is 8.78 Å². The van der Waals surface area contributed by atoms with Gasteiger partial charge in [0, 0.05) is 12.1 Å². The van der Waals surface area contributed by atoms with Crippen LogP contribution < -0.4 is 5.32 Å². The Morgan fingerprint density at radius 2 is 2.12 bits per heavy atom. The van der Waals surface area contributed by atoms with Crippen molar-refractivity contribution in [2.24, 2.45) is 5.92 Å². The molecule has 1 rings (SSSR count). The average molecular weight is 234 g/mol. The van der Waals surface area contributed by atoms with Crippen molar-refractivity contribution in [2.75, 3.05) is 27.2 Å². The van der Waals surface area contributed by atoms with Crippen molar-refractivity contribution in [3.63, 3.8) is 0 Å². The summed E-state index contributed by atoms with van der Waals surface area (Å²) in [6.45, 7) is 2.74. The molecule has 0 bridgehead atoms. The number of halogens is 2. The van der Waals surface area contributed by atoms with Crippen LogP contribution in [-0.4, -0.2) is 44.0 Å². The molecule has 0 aromatic carbocycles. The quantitative estimate of drug-likeness (QED) is 0.785. The van der Waals surface area contributed by atoms with Crippen LogP contribution in [0.2, 0.25) is 0 Å². The number of alkyl halides is 2. The molecule has 2 atom stereocenters. The highest BCUT2D eigenvalue weighted by Gasteiger charge is 2.36. The fourth-order valence-electron chi connectivity index (χ4n) is 2.77. The first-order valence-electron chi connectivity index (χ1n) is 6.12. The molecule has 0 radical (unpaired) electrons. The minimum Gasteiger partial charge on any atom is -0.310 e.